The highest BCUT2D eigenvalue weighted by atomic mass is 32.2. The van der Waals surface area contributed by atoms with Crippen LogP contribution in [0.25, 0.3) is 0 Å². The second-order valence-corrected chi connectivity index (χ2v) is 8.95. The fraction of sp³-hybridized carbons (Fsp3) is 0.478. The van der Waals surface area contributed by atoms with Gasteiger partial charge in [-0.15, -0.1) is 0 Å². The first-order valence-corrected chi connectivity index (χ1v) is 11.2. The van der Waals surface area contributed by atoms with Crippen LogP contribution in [0.5, 0.6) is 0 Å². The van der Waals surface area contributed by atoms with Crippen molar-refractivity contribution in [1.29, 1.82) is 0 Å². The number of aryl methyl sites for hydroxylation is 1. The fourth-order valence-corrected chi connectivity index (χ4v) is 5.64. The van der Waals surface area contributed by atoms with Gasteiger partial charge >= 0.3 is 0 Å². The third-order valence-electron chi connectivity index (χ3n) is 5.89. The number of nitrogens with zero attached hydrogens (tertiary/aromatic N) is 2. The lowest BCUT2D eigenvalue weighted by molar-refractivity contribution is 0.350. The zero-order valence-electron chi connectivity index (χ0n) is 16.4. The smallest absolute Gasteiger partial charge is 0.0398 e. The van der Waals surface area contributed by atoms with Crippen molar-refractivity contribution in [2.45, 2.75) is 62.9 Å². The first-order chi connectivity index (χ1) is 13.2. The van der Waals surface area contributed by atoms with Gasteiger partial charge in [-0.3, -0.25) is 0 Å². The summed E-state index contributed by atoms with van der Waals surface area (Å²) < 4.78 is 2.60. The van der Waals surface area contributed by atoms with Crippen molar-refractivity contribution in [3.63, 3.8) is 0 Å². The van der Waals surface area contributed by atoms with Crippen LogP contribution in [-0.4, -0.2) is 23.4 Å². The molecule has 0 bridgehead atoms. The van der Waals surface area contributed by atoms with E-state index < -0.39 is 0 Å². The van der Waals surface area contributed by atoms with Crippen LogP contribution in [-0.2, 0) is 13.0 Å². The first kappa shape index (κ1) is 18.7. The molecule has 4 heteroatoms. The summed E-state index contributed by atoms with van der Waals surface area (Å²) in [6.07, 6.45) is 7.82. The fourth-order valence-electron chi connectivity index (χ4n) is 4.47. The summed E-state index contributed by atoms with van der Waals surface area (Å²) >= 11 is 1.88. The molecule has 0 radical (unpaired) electrons. The second kappa shape index (κ2) is 8.57. The van der Waals surface area contributed by atoms with Gasteiger partial charge < -0.3 is 10.6 Å². The van der Waals surface area contributed by atoms with Crippen LogP contribution in [0.1, 0.15) is 50.2 Å². The van der Waals surface area contributed by atoms with Crippen molar-refractivity contribution in [3.05, 3.63) is 53.6 Å². The van der Waals surface area contributed by atoms with Gasteiger partial charge in [0.05, 0.1) is 0 Å². The maximum atomic E-state index is 6.01. The van der Waals surface area contributed by atoms with Crippen molar-refractivity contribution in [3.8, 4) is 0 Å². The molecule has 0 spiro atoms. The van der Waals surface area contributed by atoms with Crippen LogP contribution < -0.4 is 10.6 Å². The predicted molar refractivity (Wildman–Crippen MR) is 117 cm³/mol. The van der Waals surface area contributed by atoms with E-state index in [9.17, 15) is 0 Å². The molecule has 1 aliphatic heterocycles. The first-order valence-electron chi connectivity index (χ1n) is 10.4. The highest BCUT2D eigenvalue weighted by molar-refractivity contribution is 7.97. The zero-order chi connectivity index (χ0) is 18.6. The molecular formula is C23H31N3S. The number of rotatable bonds is 6. The summed E-state index contributed by atoms with van der Waals surface area (Å²) in [4.78, 5) is 3.76. The number of fused-ring (bicyclic) bond motifs is 1. The van der Waals surface area contributed by atoms with E-state index in [2.05, 4.69) is 52.5 Å². The van der Waals surface area contributed by atoms with Crippen molar-refractivity contribution in [1.82, 2.24) is 4.31 Å². The zero-order valence-corrected chi connectivity index (χ0v) is 17.2. The highest BCUT2D eigenvalue weighted by Gasteiger charge is 2.24. The Labute approximate surface area is 168 Å². The molecule has 1 fully saturated rings. The quantitative estimate of drug-likeness (QED) is 0.529. The third-order valence-corrected chi connectivity index (χ3v) is 7.02. The summed E-state index contributed by atoms with van der Waals surface area (Å²) in [6.45, 7) is 5.56. The Bertz CT molecular complexity index is 770. The SMILES string of the molecule is CCN1CCCc2cc(CN(Sc3cccc(N)c3)C3CCCC3)ccc21. The molecule has 0 amide bonds. The van der Waals surface area contributed by atoms with Crippen molar-refractivity contribution < 1.29 is 0 Å². The topological polar surface area (TPSA) is 32.5 Å². The number of anilines is 2. The largest absolute Gasteiger partial charge is 0.399 e. The Morgan fingerprint density at radius 2 is 1.96 bits per heavy atom. The molecule has 1 saturated carbocycles. The van der Waals surface area contributed by atoms with Gasteiger partial charge in [0.25, 0.3) is 0 Å². The molecule has 2 aromatic carbocycles. The Morgan fingerprint density at radius 1 is 1.11 bits per heavy atom. The van der Waals surface area contributed by atoms with E-state index in [1.165, 1.54) is 66.8 Å². The predicted octanol–water partition coefficient (Wildman–Crippen LogP) is 5.49. The van der Waals surface area contributed by atoms with E-state index in [-0.39, 0.29) is 0 Å². The van der Waals surface area contributed by atoms with Crippen LogP contribution in [0.4, 0.5) is 11.4 Å². The molecule has 1 aliphatic carbocycles. The van der Waals surface area contributed by atoms with Gasteiger partial charge in [-0.2, -0.15) is 0 Å². The molecule has 3 nitrogen and oxygen atoms in total. The number of hydrogen-bond acceptors (Lipinski definition) is 4. The minimum Gasteiger partial charge on any atom is -0.399 e. The summed E-state index contributed by atoms with van der Waals surface area (Å²) in [6, 6.07) is 16.1. The molecule has 2 aromatic rings. The molecule has 1 heterocycles. The average molecular weight is 382 g/mol. The Hall–Kier alpha value is -1.65. The summed E-state index contributed by atoms with van der Waals surface area (Å²) in [5.74, 6) is 0. The lowest BCUT2D eigenvalue weighted by atomic mass is 9.99. The number of benzene rings is 2. The second-order valence-electron chi connectivity index (χ2n) is 7.82. The van der Waals surface area contributed by atoms with Crippen LogP contribution in [0.3, 0.4) is 0 Å². The molecule has 0 unspecified atom stereocenters. The normalized spacial score (nSPS) is 17.5. The maximum absolute atomic E-state index is 6.01. The number of hydrogen-bond donors (Lipinski definition) is 1. The molecule has 2 N–H and O–H groups in total. The lowest BCUT2D eigenvalue weighted by Gasteiger charge is -2.32. The molecular weight excluding hydrogens is 350 g/mol. The van der Waals surface area contributed by atoms with Gasteiger partial charge in [-0.05, 0) is 79.9 Å². The van der Waals surface area contributed by atoms with E-state index >= 15 is 0 Å². The van der Waals surface area contributed by atoms with Gasteiger partial charge in [0.2, 0.25) is 0 Å². The minimum absolute atomic E-state index is 0.666. The summed E-state index contributed by atoms with van der Waals surface area (Å²) in [7, 11) is 0. The van der Waals surface area contributed by atoms with Crippen molar-refractivity contribution in [2.24, 2.45) is 0 Å². The Balaban J connectivity index is 1.54. The van der Waals surface area contributed by atoms with Crippen LogP contribution in [0.15, 0.2) is 47.4 Å². The molecule has 4 rings (SSSR count). The van der Waals surface area contributed by atoms with E-state index in [1.807, 2.05) is 18.0 Å². The Kier molecular flexibility index (Phi) is 5.94. The molecule has 0 atom stereocenters. The summed E-state index contributed by atoms with van der Waals surface area (Å²) in [5.41, 5.74) is 11.3. The highest BCUT2D eigenvalue weighted by Crippen LogP contribution is 2.35. The van der Waals surface area contributed by atoms with Gasteiger partial charge in [-0.25, -0.2) is 4.31 Å². The van der Waals surface area contributed by atoms with Crippen LogP contribution in [0, 0.1) is 0 Å². The van der Waals surface area contributed by atoms with Gasteiger partial charge in [0.15, 0.2) is 0 Å². The molecule has 0 saturated heterocycles. The minimum atomic E-state index is 0.666. The summed E-state index contributed by atoms with van der Waals surface area (Å²) in [5, 5.41) is 0. The van der Waals surface area contributed by atoms with E-state index in [0.29, 0.717) is 6.04 Å². The maximum Gasteiger partial charge on any atom is 0.0398 e. The van der Waals surface area contributed by atoms with Crippen LogP contribution in [0.2, 0.25) is 0 Å². The van der Waals surface area contributed by atoms with Gasteiger partial charge in [0.1, 0.15) is 0 Å². The third kappa shape index (κ3) is 4.44. The van der Waals surface area contributed by atoms with E-state index in [0.717, 1.165) is 18.8 Å². The van der Waals surface area contributed by atoms with E-state index in [1.54, 1.807) is 0 Å². The number of nitrogens with two attached hydrogens (primary N) is 1. The average Bonchev–Trinajstić information content (AvgIpc) is 3.21. The van der Waals surface area contributed by atoms with Crippen LogP contribution >= 0.6 is 11.9 Å². The number of nitrogen functional groups attached to an aromatic ring is 1. The standard InChI is InChI=1S/C23H31N3S/c1-2-25-14-6-7-19-15-18(12-13-23(19)25)17-26(21-9-3-4-10-21)27-22-11-5-8-20(24)16-22/h5,8,11-13,15-16,21H,2-4,6-7,9-10,14,17,24H2,1H3. The van der Waals surface area contributed by atoms with E-state index in [4.69, 9.17) is 5.73 Å². The molecule has 144 valence electrons. The molecule has 27 heavy (non-hydrogen) atoms. The van der Waals surface area contributed by atoms with Crippen molar-refractivity contribution in [2.75, 3.05) is 23.7 Å². The van der Waals surface area contributed by atoms with Gasteiger partial charge in [-0.1, -0.05) is 31.0 Å². The molecule has 2 aliphatic rings. The van der Waals surface area contributed by atoms with Gasteiger partial charge in [0, 0.05) is 41.9 Å². The van der Waals surface area contributed by atoms with Crippen molar-refractivity contribution >= 4 is 23.3 Å². The lowest BCUT2D eigenvalue weighted by Crippen LogP contribution is -2.29. The Morgan fingerprint density at radius 3 is 2.74 bits per heavy atom. The molecule has 0 aromatic heterocycles. The monoisotopic (exact) mass is 381 g/mol.